The fourth-order valence-corrected chi connectivity index (χ4v) is 10.0. The molecule has 96 heavy (non-hydrogen) atoms. The zero-order valence-electron chi connectivity index (χ0n) is 55.8. The molecule has 0 aliphatic carbocycles. The van der Waals surface area contributed by atoms with Gasteiger partial charge in [-0.1, -0.05) is 83.5 Å². The highest BCUT2D eigenvalue weighted by Crippen LogP contribution is 2.20. The van der Waals surface area contributed by atoms with E-state index in [0.717, 1.165) is 57.8 Å². The van der Waals surface area contributed by atoms with E-state index in [0.29, 0.717) is 31.4 Å². The molecule has 0 bridgehead atoms. The number of Topliss-reactive ketones (excluding diaryl/α,β-unsaturated/α-hetero) is 3. The first-order valence-corrected chi connectivity index (χ1v) is 33.7. The van der Waals surface area contributed by atoms with Crippen molar-refractivity contribution in [3.8, 4) is 0 Å². The Morgan fingerprint density at radius 3 is 1.54 bits per heavy atom. The molecule has 2 unspecified atom stereocenters. The van der Waals surface area contributed by atoms with Crippen molar-refractivity contribution in [3.63, 3.8) is 0 Å². The van der Waals surface area contributed by atoms with E-state index in [1.165, 1.54) is 45.1 Å². The Balaban J connectivity index is 2.17. The molecule has 0 aromatic carbocycles. The summed E-state index contributed by atoms with van der Waals surface area (Å²) in [7, 11) is 0. The van der Waals surface area contributed by atoms with Crippen molar-refractivity contribution >= 4 is 76.7 Å². The van der Waals surface area contributed by atoms with Crippen molar-refractivity contribution in [3.05, 3.63) is 18.2 Å². The minimum atomic E-state index is -1.58. The van der Waals surface area contributed by atoms with Gasteiger partial charge in [-0.2, -0.15) is 0 Å². The second kappa shape index (κ2) is 54.8. The number of aromatic amines is 1. The lowest BCUT2D eigenvalue weighted by Gasteiger charge is -2.22. The standard InChI is InChI=1S/C65H108N8O23/c1-45(74)60(65(91)92)73-61(84)46(23-28-54(77)51(66)40-48-41-67-44-70-48)19-16-17-31-68-56(79)30-27-53(64(89)90)72-58(81)43-96-38-35-93-33-18-20-50(76)42-95-37-36-94-34-32-69-55(78)29-24-47(62(85)86)39-49(75)25-26-52(63(87)88)71-57(80)21-14-12-10-8-6-4-2-3-5-7-9-11-13-15-22-59(82)83/h41,44-47,51-53,60,74H,2-40,42-43,66H2,1H3,(H,67,70)(H,68,79)(H,69,78)(H,71,80)(H,72,81)(H,73,84)(H,82,83)(H,85,86)(H,87,88)(H,89,90)(H,91,92)/t45-,46?,47-,51+,52+,53+,60?/m1/s1. The third kappa shape index (κ3) is 46.7. The van der Waals surface area contributed by atoms with Crippen LogP contribution in [0.15, 0.2) is 12.5 Å². The van der Waals surface area contributed by atoms with Gasteiger partial charge in [0.2, 0.25) is 29.5 Å². The summed E-state index contributed by atoms with van der Waals surface area (Å²) in [6.07, 6.45) is 16.3. The SMILES string of the molecule is C[C@@H](O)C(NC(=O)C(CCCCNC(=O)CC[C@H](NC(=O)COCCOCCCC(=O)COCCOCCNC(=O)CC[C@H](CC(=O)CC[C@H](NC(=O)CCCCCCCCCCCCCCCCC(=O)O)C(=O)O)C(=O)O)C(=O)O)CCC(=O)[C@@H](N)Cc1cnc[nH]1)C(=O)O. The van der Waals surface area contributed by atoms with E-state index in [1.807, 2.05) is 0 Å². The van der Waals surface area contributed by atoms with Crippen molar-refractivity contribution in [2.75, 3.05) is 65.9 Å². The maximum absolute atomic E-state index is 13.1. The third-order valence-electron chi connectivity index (χ3n) is 15.6. The Hall–Kier alpha value is -7.32. The number of carbonyl (C=O) groups is 13. The van der Waals surface area contributed by atoms with E-state index in [-0.39, 0.29) is 154 Å². The van der Waals surface area contributed by atoms with Crippen molar-refractivity contribution in [2.45, 2.75) is 236 Å². The predicted molar refractivity (Wildman–Crippen MR) is 346 cm³/mol. The summed E-state index contributed by atoms with van der Waals surface area (Å²) in [6.45, 7) is 1.34. The topological polar surface area (TPSA) is 495 Å². The first-order chi connectivity index (χ1) is 45.9. The van der Waals surface area contributed by atoms with Gasteiger partial charge in [0, 0.05) is 95.3 Å². The molecule has 31 nitrogen and oxygen atoms in total. The Labute approximate surface area is 561 Å². The molecule has 0 fully saturated rings. The summed E-state index contributed by atoms with van der Waals surface area (Å²) in [5.41, 5.74) is 6.70. The van der Waals surface area contributed by atoms with Gasteiger partial charge in [-0.3, -0.25) is 47.9 Å². The quantitative estimate of drug-likeness (QED) is 0.0415. The Kier molecular flexibility index (Phi) is 49.5. The zero-order valence-corrected chi connectivity index (χ0v) is 55.8. The van der Waals surface area contributed by atoms with Crippen molar-refractivity contribution in [2.24, 2.45) is 17.6 Å². The van der Waals surface area contributed by atoms with Crippen molar-refractivity contribution < 1.29 is 112 Å². The highest BCUT2D eigenvalue weighted by Gasteiger charge is 2.30. The molecule has 1 aromatic heterocycles. The van der Waals surface area contributed by atoms with Gasteiger partial charge in [-0.15, -0.1) is 0 Å². The fraction of sp³-hybridized carbons (Fsp3) is 0.754. The number of unbranched alkanes of at least 4 members (excludes halogenated alkanes) is 14. The minimum absolute atomic E-state index is 0.0187. The number of imidazole rings is 1. The number of ether oxygens (including phenoxy) is 4. The summed E-state index contributed by atoms with van der Waals surface area (Å²) >= 11 is 0. The third-order valence-corrected chi connectivity index (χ3v) is 15.6. The number of H-pyrrole nitrogens is 1. The number of aliphatic hydroxyl groups excluding tert-OH is 1. The maximum Gasteiger partial charge on any atom is 0.328 e. The van der Waals surface area contributed by atoms with E-state index >= 15 is 0 Å². The van der Waals surface area contributed by atoms with Gasteiger partial charge in [-0.05, 0) is 64.7 Å². The van der Waals surface area contributed by atoms with Crippen LogP contribution in [0.5, 0.6) is 0 Å². The van der Waals surface area contributed by atoms with E-state index in [9.17, 15) is 87.9 Å². The van der Waals surface area contributed by atoms with Crippen LogP contribution in [0.2, 0.25) is 0 Å². The molecule has 14 N–H and O–H groups in total. The summed E-state index contributed by atoms with van der Waals surface area (Å²) in [4.78, 5) is 165. The van der Waals surface area contributed by atoms with Gasteiger partial charge in [0.25, 0.3) is 0 Å². The van der Waals surface area contributed by atoms with Gasteiger partial charge < -0.3 is 86.9 Å². The lowest BCUT2D eigenvalue weighted by atomic mass is 9.92. The van der Waals surface area contributed by atoms with Crippen molar-refractivity contribution in [1.29, 1.82) is 0 Å². The molecule has 0 aliphatic heterocycles. The van der Waals surface area contributed by atoms with Crippen molar-refractivity contribution in [1.82, 2.24) is 36.6 Å². The average Bonchev–Trinajstić information content (AvgIpc) is 1.26. The normalized spacial score (nSPS) is 13.4. The largest absolute Gasteiger partial charge is 0.481 e. The van der Waals surface area contributed by atoms with Crippen LogP contribution in [0.1, 0.15) is 205 Å². The highest BCUT2D eigenvalue weighted by molar-refractivity contribution is 5.89. The van der Waals surface area contributed by atoms with Crippen LogP contribution in [0.25, 0.3) is 0 Å². The van der Waals surface area contributed by atoms with Gasteiger partial charge in [0.1, 0.15) is 36.9 Å². The Morgan fingerprint density at radius 1 is 0.469 bits per heavy atom. The van der Waals surface area contributed by atoms with Crippen LogP contribution in [-0.4, -0.2) is 214 Å². The van der Waals surface area contributed by atoms with Crippen LogP contribution >= 0.6 is 0 Å². The number of carbonyl (C=O) groups excluding carboxylic acids is 8. The second-order valence-electron chi connectivity index (χ2n) is 24.0. The van der Waals surface area contributed by atoms with Gasteiger partial charge in [-0.25, -0.2) is 19.4 Å². The molecule has 546 valence electrons. The molecule has 0 aliphatic rings. The molecule has 1 aromatic rings. The average molecular weight is 1370 g/mol. The van der Waals surface area contributed by atoms with Gasteiger partial charge in [0.05, 0.1) is 57.4 Å². The van der Waals surface area contributed by atoms with E-state index in [1.54, 1.807) is 0 Å². The number of rotatable bonds is 65. The minimum Gasteiger partial charge on any atom is -0.481 e. The van der Waals surface area contributed by atoms with Crippen LogP contribution < -0.4 is 32.3 Å². The number of ketones is 3. The van der Waals surface area contributed by atoms with E-state index in [2.05, 4.69) is 36.6 Å². The summed E-state index contributed by atoms with van der Waals surface area (Å²) < 4.78 is 21.4. The molecule has 0 saturated carbocycles. The highest BCUT2D eigenvalue weighted by atomic mass is 16.5. The molecule has 0 radical (unpaired) electrons. The molecule has 0 saturated heterocycles. The Morgan fingerprint density at radius 2 is 0.990 bits per heavy atom. The summed E-state index contributed by atoms with van der Waals surface area (Å²) in [5.74, 6) is -12.0. The fourth-order valence-electron chi connectivity index (χ4n) is 10.0. The number of nitrogens with zero attached hydrogens (tertiary/aromatic N) is 1. The number of aliphatic carboxylic acids is 5. The number of nitrogens with two attached hydrogens (primary N) is 1. The molecule has 0 spiro atoms. The number of aromatic nitrogens is 2. The monoisotopic (exact) mass is 1370 g/mol. The number of carboxylic acids is 5. The molecule has 31 heteroatoms. The lowest BCUT2D eigenvalue weighted by molar-refractivity contribution is -0.145. The first-order valence-electron chi connectivity index (χ1n) is 33.7. The molecule has 7 atom stereocenters. The van der Waals surface area contributed by atoms with E-state index < -0.39 is 120 Å². The number of amides is 5. The predicted octanol–water partition coefficient (Wildman–Crippen LogP) is 3.48. The van der Waals surface area contributed by atoms with Crippen LogP contribution in [0, 0.1) is 11.8 Å². The number of carboxylic acid groups (broad SMARTS) is 5. The first kappa shape index (κ1) is 86.7. The van der Waals surface area contributed by atoms with Crippen LogP contribution in [0.3, 0.4) is 0 Å². The van der Waals surface area contributed by atoms with Crippen LogP contribution in [-0.2, 0) is 87.7 Å². The van der Waals surface area contributed by atoms with Crippen LogP contribution in [0.4, 0.5) is 0 Å². The number of aliphatic hydroxyl groups is 1. The number of hydrogen-bond donors (Lipinski definition) is 13. The van der Waals surface area contributed by atoms with Gasteiger partial charge >= 0.3 is 29.8 Å². The summed E-state index contributed by atoms with van der Waals surface area (Å²) in [6, 6.07) is -5.15. The number of hydrogen-bond acceptors (Lipinski definition) is 20. The number of nitrogens with one attached hydrogen (secondary N) is 6. The summed E-state index contributed by atoms with van der Waals surface area (Å²) in [5, 5.41) is 69.3. The zero-order chi connectivity index (χ0) is 71.3. The molecular weight excluding hydrogens is 1260 g/mol. The molecule has 5 amide bonds. The molecule has 1 rings (SSSR count). The molecule has 1 heterocycles. The Bertz CT molecular complexity index is 2470. The maximum atomic E-state index is 13.1. The second-order valence-corrected chi connectivity index (χ2v) is 24.0. The molecular formula is C65H108N8O23. The van der Waals surface area contributed by atoms with E-state index in [4.69, 9.17) is 29.8 Å². The lowest BCUT2D eigenvalue weighted by Crippen LogP contribution is -2.49. The smallest absolute Gasteiger partial charge is 0.328 e. The van der Waals surface area contributed by atoms with Gasteiger partial charge in [0.15, 0.2) is 11.8 Å².